The second kappa shape index (κ2) is 7.76. The molecule has 0 saturated carbocycles. The maximum Gasteiger partial charge on any atom is 0.223 e. The maximum absolute atomic E-state index is 13.3. The largest absolute Gasteiger partial charge is 0.388 e. The van der Waals surface area contributed by atoms with Crippen LogP contribution in [0.15, 0.2) is 54.6 Å². The molecule has 5 heteroatoms. The summed E-state index contributed by atoms with van der Waals surface area (Å²) < 4.78 is 18.7. The van der Waals surface area contributed by atoms with E-state index in [2.05, 4.69) is 5.32 Å². The number of halogens is 1. The summed E-state index contributed by atoms with van der Waals surface area (Å²) in [6.45, 7) is 1.05. The SMILES string of the molecule is O=C(CC(O)c1ccccc1)NC1(c2ccc(F)cc2)CCOCC1. The summed E-state index contributed by atoms with van der Waals surface area (Å²) in [6, 6.07) is 15.3. The van der Waals surface area contributed by atoms with Gasteiger partial charge in [0.1, 0.15) is 5.82 Å². The molecule has 2 aromatic carbocycles. The molecule has 4 nitrogen and oxygen atoms in total. The van der Waals surface area contributed by atoms with Gasteiger partial charge in [-0.15, -0.1) is 0 Å². The average Bonchev–Trinajstić information content (AvgIpc) is 2.63. The zero-order valence-electron chi connectivity index (χ0n) is 14.0. The molecule has 1 unspecified atom stereocenters. The molecule has 1 fully saturated rings. The second-order valence-electron chi connectivity index (χ2n) is 6.38. The minimum Gasteiger partial charge on any atom is -0.388 e. The van der Waals surface area contributed by atoms with Gasteiger partial charge < -0.3 is 15.2 Å². The second-order valence-corrected chi connectivity index (χ2v) is 6.38. The van der Waals surface area contributed by atoms with Crippen LogP contribution in [0.2, 0.25) is 0 Å². The van der Waals surface area contributed by atoms with Crippen molar-refractivity contribution in [2.24, 2.45) is 0 Å². The van der Waals surface area contributed by atoms with E-state index in [4.69, 9.17) is 4.74 Å². The van der Waals surface area contributed by atoms with Gasteiger partial charge in [0.2, 0.25) is 5.91 Å². The van der Waals surface area contributed by atoms with Crippen LogP contribution in [0.5, 0.6) is 0 Å². The molecule has 2 N–H and O–H groups in total. The zero-order valence-corrected chi connectivity index (χ0v) is 14.0. The van der Waals surface area contributed by atoms with Crippen LogP contribution in [0, 0.1) is 5.82 Å². The predicted molar refractivity (Wildman–Crippen MR) is 92.3 cm³/mol. The van der Waals surface area contributed by atoms with Crippen LogP contribution in [-0.4, -0.2) is 24.2 Å². The van der Waals surface area contributed by atoms with Gasteiger partial charge in [-0.3, -0.25) is 4.79 Å². The van der Waals surface area contributed by atoms with Gasteiger partial charge in [-0.1, -0.05) is 42.5 Å². The third kappa shape index (κ3) is 4.24. The molecule has 2 aromatic rings. The van der Waals surface area contributed by atoms with Crippen LogP contribution in [0.3, 0.4) is 0 Å². The number of hydrogen-bond donors (Lipinski definition) is 2. The number of carbonyl (C=O) groups is 1. The first-order chi connectivity index (χ1) is 12.1. The normalized spacial score (nSPS) is 17.7. The number of nitrogens with one attached hydrogen (secondary N) is 1. The molecule has 0 aromatic heterocycles. The van der Waals surface area contributed by atoms with Crippen molar-refractivity contribution in [1.82, 2.24) is 5.32 Å². The van der Waals surface area contributed by atoms with E-state index in [1.54, 1.807) is 24.3 Å². The summed E-state index contributed by atoms with van der Waals surface area (Å²) >= 11 is 0. The van der Waals surface area contributed by atoms with Gasteiger partial charge in [0.15, 0.2) is 0 Å². The lowest BCUT2D eigenvalue weighted by atomic mass is 9.82. The smallest absolute Gasteiger partial charge is 0.223 e. The minimum absolute atomic E-state index is 0.0200. The van der Waals surface area contributed by atoms with Gasteiger partial charge >= 0.3 is 0 Å². The fraction of sp³-hybridized carbons (Fsp3) is 0.350. The van der Waals surface area contributed by atoms with E-state index in [9.17, 15) is 14.3 Å². The number of aliphatic hydroxyl groups excluding tert-OH is 1. The molecular formula is C20H22FNO3. The van der Waals surface area contributed by atoms with Crippen LogP contribution in [0.1, 0.15) is 36.5 Å². The number of carbonyl (C=O) groups excluding carboxylic acids is 1. The number of rotatable bonds is 5. The van der Waals surface area contributed by atoms with E-state index in [0.717, 1.165) is 5.56 Å². The summed E-state index contributed by atoms with van der Waals surface area (Å²) in [5.74, 6) is -0.542. The summed E-state index contributed by atoms with van der Waals surface area (Å²) in [5, 5.41) is 13.3. The van der Waals surface area contributed by atoms with E-state index in [1.165, 1.54) is 12.1 Å². The van der Waals surface area contributed by atoms with Crippen molar-refractivity contribution >= 4 is 5.91 Å². The molecule has 3 rings (SSSR count). The number of benzene rings is 2. The van der Waals surface area contributed by atoms with Crippen molar-refractivity contribution in [3.63, 3.8) is 0 Å². The fourth-order valence-corrected chi connectivity index (χ4v) is 3.26. The van der Waals surface area contributed by atoms with Crippen molar-refractivity contribution in [1.29, 1.82) is 0 Å². The third-order valence-electron chi connectivity index (χ3n) is 4.68. The maximum atomic E-state index is 13.3. The van der Waals surface area contributed by atoms with Crippen molar-refractivity contribution in [2.45, 2.75) is 30.9 Å². The zero-order chi connectivity index (χ0) is 17.7. The van der Waals surface area contributed by atoms with Gasteiger partial charge in [-0.25, -0.2) is 4.39 Å². The first kappa shape index (κ1) is 17.6. The highest BCUT2D eigenvalue weighted by Gasteiger charge is 2.36. The molecule has 25 heavy (non-hydrogen) atoms. The van der Waals surface area contributed by atoms with E-state index in [-0.39, 0.29) is 18.1 Å². The lowest BCUT2D eigenvalue weighted by Crippen LogP contribution is -2.49. The van der Waals surface area contributed by atoms with Gasteiger partial charge in [0.05, 0.1) is 18.1 Å². The van der Waals surface area contributed by atoms with Gasteiger partial charge in [0.25, 0.3) is 0 Å². The highest BCUT2D eigenvalue weighted by molar-refractivity contribution is 5.77. The first-order valence-corrected chi connectivity index (χ1v) is 8.47. The Bertz CT molecular complexity index is 697. The van der Waals surface area contributed by atoms with E-state index < -0.39 is 11.6 Å². The highest BCUT2D eigenvalue weighted by Crippen LogP contribution is 2.33. The lowest BCUT2D eigenvalue weighted by Gasteiger charge is -2.38. The Morgan fingerprint density at radius 3 is 2.40 bits per heavy atom. The van der Waals surface area contributed by atoms with Crippen LogP contribution >= 0.6 is 0 Å². The Kier molecular flexibility index (Phi) is 5.46. The number of hydrogen-bond acceptors (Lipinski definition) is 3. The van der Waals surface area contributed by atoms with Crippen LogP contribution in [-0.2, 0) is 15.1 Å². The fourth-order valence-electron chi connectivity index (χ4n) is 3.26. The third-order valence-corrected chi connectivity index (χ3v) is 4.68. The van der Waals surface area contributed by atoms with Crippen LogP contribution in [0.25, 0.3) is 0 Å². The molecule has 1 aliphatic rings. The molecule has 1 heterocycles. The summed E-state index contributed by atoms with van der Waals surface area (Å²) in [7, 11) is 0. The monoisotopic (exact) mass is 343 g/mol. The Labute approximate surface area is 146 Å². The summed E-state index contributed by atoms with van der Waals surface area (Å²) in [6.07, 6.45) is 0.358. The molecular weight excluding hydrogens is 321 g/mol. The average molecular weight is 343 g/mol. The molecule has 1 amide bonds. The van der Waals surface area contributed by atoms with Gasteiger partial charge in [-0.2, -0.15) is 0 Å². The quantitative estimate of drug-likeness (QED) is 0.877. The van der Waals surface area contributed by atoms with Crippen molar-refractivity contribution < 1.29 is 19.0 Å². The standard InChI is InChI=1S/C20H22FNO3/c21-17-8-6-16(7-9-17)20(10-12-25-13-11-20)22-19(24)14-18(23)15-4-2-1-3-5-15/h1-9,18,23H,10-14H2,(H,22,24). The van der Waals surface area contributed by atoms with E-state index >= 15 is 0 Å². The molecule has 0 aliphatic carbocycles. The lowest BCUT2D eigenvalue weighted by molar-refractivity contribution is -0.126. The Morgan fingerprint density at radius 2 is 1.76 bits per heavy atom. The molecule has 0 bridgehead atoms. The summed E-state index contributed by atoms with van der Waals surface area (Å²) in [5.41, 5.74) is 0.986. The van der Waals surface area contributed by atoms with Crippen molar-refractivity contribution in [3.05, 3.63) is 71.5 Å². The molecule has 1 saturated heterocycles. The van der Waals surface area contributed by atoms with Crippen LogP contribution < -0.4 is 5.32 Å². The molecule has 1 aliphatic heterocycles. The van der Waals surface area contributed by atoms with E-state index in [1.807, 2.05) is 18.2 Å². The Balaban J connectivity index is 1.74. The van der Waals surface area contributed by atoms with Gasteiger partial charge in [0, 0.05) is 13.2 Å². The minimum atomic E-state index is -0.855. The highest BCUT2D eigenvalue weighted by atomic mass is 19.1. The molecule has 0 spiro atoms. The topological polar surface area (TPSA) is 58.6 Å². The molecule has 132 valence electrons. The van der Waals surface area contributed by atoms with E-state index in [0.29, 0.717) is 31.6 Å². The first-order valence-electron chi connectivity index (χ1n) is 8.47. The Morgan fingerprint density at radius 1 is 1.12 bits per heavy atom. The van der Waals surface area contributed by atoms with Gasteiger partial charge in [-0.05, 0) is 36.1 Å². The molecule has 0 radical (unpaired) electrons. The number of aliphatic hydroxyl groups is 1. The summed E-state index contributed by atoms with van der Waals surface area (Å²) in [4.78, 5) is 12.6. The predicted octanol–water partition coefficient (Wildman–Crippen LogP) is 3.07. The number of ether oxygens (including phenoxy) is 1. The Hall–Kier alpha value is -2.24. The van der Waals surface area contributed by atoms with Crippen LogP contribution in [0.4, 0.5) is 4.39 Å². The number of amides is 1. The van der Waals surface area contributed by atoms with Crippen molar-refractivity contribution in [3.8, 4) is 0 Å². The van der Waals surface area contributed by atoms with Crippen molar-refractivity contribution in [2.75, 3.05) is 13.2 Å². The molecule has 1 atom stereocenters.